The van der Waals surface area contributed by atoms with E-state index in [-0.39, 0.29) is 12.1 Å². The molecule has 1 saturated heterocycles. The Morgan fingerprint density at radius 3 is 2.23 bits per heavy atom. The van der Waals surface area contributed by atoms with E-state index in [0.717, 1.165) is 42.6 Å². The molecule has 1 aliphatic heterocycles. The summed E-state index contributed by atoms with van der Waals surface area (Å²) in [6, 6.07) is 24.7. The fourth-order valence-electron chi connectivity index (χ4n) is 4.73. The van der Waals surface area contributed by atoms with Crippen LogP contribution in [0.2, 0.25) is 0 Å². The zero-order valence-electron chi connectivity index (χ0n) is 18.2. The molecule has 31 heavy (non-hydrogen) atoms. The third-order valence-corrected chi connectivity index (χ3v) is 6.22. The molecule has 0 bridgehead atoms. The van der Waals surface area contributed by atoms with Gasteiger partial charge in [-0.1, -0.05) is 60.7 Å². The largest absolute Gasteiger partial charge is 0.496 e. The molecule has 0 N–H and O–H groups in total. The number of benzene rings is 3. The lowest BCUT2D eigenvalue weighted by atomic mass is 9.88. The number of hydrogen-bond acceptors (Lipinski definition) is 4. The SMILES string of the molecule is COc1cccc(OC)c1C1CCCC(C=O)N1Cc1ccccc1-c1ccccc1. The lowest BCUT2D eigenvalue weighted by molar-refractivity contribution is -0.115. The number of carbonyl (C=O) groups excluding carboxylic acids is 1. The molecular formula is C27H29NO3. The van der Waals surface area contributed by atoms with Crippen molar-refractivity contribution in [1.82, 2.24) is 4.90 Å². The van der Waals surface area contributed by atoms with Crippen molar-refractivity contribution in [2.45, 2.75) is 37.9 Å². The van der Waals surface area contributed by atoms with E-state index in [1.165, 1.54) is 16.7 Å². The highest BCUT2D eigenvalue weighted by molar-refractivity contribution is 5.67. The van der Waals surface area contributed by atoms with E-state index in [4.69, 9.17) is 9.47 Å². The first-order chi connectivity index (χ1) is 15.3. The van der Waals surface area contributed by atoms with Crippen LogP contribution in [-0.4, -0.2) is 31.4 Å². The number of aldehydes is 1. The molecule has 4 heteroatoms. The quantitative estimate of drug-likeness (QED) is 0.466. The van der Waals surface area contributed by atoms with E-state index in [1.54, 1.807) is 14.2 Å². The van der Waals surface area contributed by atoms with Gasteiger partial charge in [-0.15, -0.1) is 0 Å². The Labute approximate surface area is 184 Å². The first-order valence-electron chi connectivity index (χ1n) is 10.8. The van der Waals surface area contributed by atoms with Gasteiger partial charge in [-0.3, -0.25) is 4.90 Å². The van der Waals surface area contributed by atoms with E-state index < -0.39 is 0 Å². The molecule has 3 aromatic rings. The Balaban J connectivity index is 1.77. The highest BCUT2D eigenvalue weighted by atomic mass is 16.5. The molecule has 0 aliphatic carbocycles. The Bertz CT molecular complexity index is 996. The second kappa shape index (κ2) is 9.80. The zero-order valence-corrected chi connectivity index (χ0v) is 18.2. The van der Waals surface area contributed by atoms with Crippen molar-refractivity contribution in [2.24, 2.45) is 0 Å². The van der Waals surface area contributed by atoms with Crippen LogP contribution in [0.25, 0.3) is 11.1 Å². The Kier molecular flexibility index (Phi) is 6.68. The highest BCUT2D eigenvalue weighted by Gasteiger charge is 2.35. The average Bonchev–Trinajstić information content (AvgIpc) is 2.84. The van der Waals surface area contributed by atoms with E-state index in [9.17, 15) is 4.79 Å². The minimum Gasteiger partial charge on any atom is -0.496 e. The van der Waals surface area contributed by atoms with E-state index in [2.05, 4.69) is 53.4 Å². The van der Waals surface area contributed by atoms with Gasteiger partial charge < -0.3 is 14.3 Å². The summed E-state index contributed by atoms with van der Waals surface area (Å²) in [6.45, 7) is 0.681. The third kappa shape index (κ3) is 4.35. The molecule has 0 spiro atoms. The Morgan fingerprint density at radius 1 is 0.871 bits per heavy atom. The van der Waals surface area contributed by atoms with Gasteiger partial charge in [0, 0.05) is 12.6 Å². The maximum absolute atomic E-state index is 12.1. The van der Waals surface area contributed by atoms with Crippen LogP contribution in [0.3, 0.4) is 0 Å². The molecule has 160 valence electrons. The van der Waals surface area contributed by atoms with Crippen LogP contribution in [0, 0.1) is 0 Å². The Hall–Kier alpha value is -3.11. The minimum atomic E-state index is -0.141. The molecule has 2 unspecified atom stereocenters. The average molecular weight is 416 g/mol. The van der Waals surface area contributed by atoms with Crippen molar-refractivity contribution < 1.29 is 14.3 Å². The molecule has 0 amide bonds. The second-order valence-corrected chi connectivity index (χ2v) is 7.92. The van der Waals surface area contributed by atoms with Crippen LogP contribution in [0.5, 0.6) is 11.5 Å². The number of methoxy groups -OCH3 is 2. The fourth-order valence-corrected chi connectivity index (χ4v) is 4.73. The third-order valence-electron chi connectivity index (χ3n) is 6.22. The number of likely N-dealkylation sites (tertiary alicyclic amines) is 1. The van der Waals surface area contributed by atoms with Crippen molar-refractivity contribution in [3.05, 3.63) is 83.9 Å². The van der Waals surface area contributed by atoms with Gasteiger partial charge in [0.2, 0.25) is 0 Å². The number of carbonyl (C=O) groups is 1. The molecule has 0 saturated carbocycles. The maximum atomic E-state index is 12.1. The summed E-state index contributed by atoms with van der Waals surface area (Å²) >= 11 is 0. The lowest BCUT2D eigenvalue weighted by Gasteiger charge is -2.41. The summed E-state index contributed by atoms with van der Waals surface area (Å²) in [7, 11) is 3.38. The van der Waals surface area contributed by atoms with Crippen molar-refractivity contribution >= 4 is 6.29 Å². The summed E-state index contributed by atoms with van der Waals surface area (Å²) < 4.78 is 11.4. The van der Waals surface area contributed by atoms with Gasteiger partial charge in [0.15, 0.2) is 0 Å². The predicted octanol–water partition coefficient (Wildman–Crippen LogP) is 5.67. The van der Waals surface area contributed by atoms with Gasteiger partial charge in [0.1, 0.15) is 17.8 Å². The molecule has 0 radical (unpaired) electrons. The first kappa shape index (κ1) is 21.1. The van der Waals surface area contributed by atoms with Crippen LogP contribution in [-0.2, 0) is 11.3 Å². The normalized spacial score (nSPS) is 19.0. The molecule has 0 aromatic heterocycles. The Morgan fingerprint density at radius 2 is 1.55 bits per heavy atom. The highest BCUT2D eigenvalue weighted by Crippen LogP contribution is 2.44. The topological polar surface area (TPSA) is 38.8 Å². The molecule has 1 heterocycles. The standard InChI is InChI=1S/C27H29NO3/c1-30-25-16-9-17-26(31-2)27(25)24-15-8-13-22(19-29)28(24)18-21-12-6-7-14-23(21)20-10-4-3-5-11-20/h3-7,9-12,14,16-17,19,22,24H,8,13,15,18H2,1-2H3. The summed E-state index contributed by atoms with van der Waals surface area (Å²) in [5, 5.41) is 0. The lowest BCUT2D eigenvalue weighted by Crippen LogP contribution is -2.42. The van der Waals surface area contributed by atoms with E-state index in [1.807, 2.05) is 24.3 Å². The van der Waals surface area contributed by atoms with Gasteiger partial charge in [0.25, 0.3) is 0 Å². The van der Waals surface area contributed by atoms with Gasteiger partial charge >= 0.3 is 0 Å². The number of ether oxygens (including phenoxy) is 2. The minimum absolute atomic E-state index is 0.0406. The molecule has 4 nitrogen and oxygen atoms in total. The smallest absolute Gasteiger partial charge is 0.137 e. The zero-order chi connectivity index (χ0) is 21.6. The van der Waals surface area contributed by atoms with Crippen LogP contribution in [0.4, 0.5) is 0 Å². The second-order valence-electron chi connectivity index (χ2n) is 7.92. The molecule has 4 rings (SSSR count). The molecule has 1 aliphatic rings. The fraction of sp³-hybridized carbons (Fsp3) is 0.296. The van der Waals surface area contributed by atoms with Crippen molar-refractivity contribution in [3.8, 4) is 22.6 Å². The van der Waals surface area contributed by atoms with Gasteiger partial charge in [-0.25, -0.2) is 0 Å². The van der Waals surface area contributed by atoms with Crippen molar-refractivity contribution in [2.75, 3.05) is 14.2 Å². The van der Waals surface area contributed by atoms with E-state index in [0.29, 0.717) is 6.54 Å². The molecule has 2 atom stereocenters. The number of piperidine rings is 1. The predicted molar refractivity (Wildman–Crippen MR) is 123 cm³/mol. The van der Waals surface area contributed by atoms with Gasteiger partial charge in [0.05, 0.1) is 25.8 Å². The van der Waals surface area contributed by atoms with Crippen molar-refractivity contribution in [1.29, 1.82) is 0 Å². The van der Waals surface area contributed by atoms with Gasteiger partial charge in [-0.2, -0.15) is 0 Å². The maximum Gasteiger partial charge on any atom is 0.137 e. The monoisotopic (exact) mass is 415 g/mol. The van der Waals surface area contributed by atoms with Crippen LogP contribution < -0.4 is 9.47 Å². The van der Waals surface area contributed by atoms with Crippen molar-refractivity contribution in [3.63, 3.8) is 0 Å². The number of rotatable bonds is 7. The first-order valence-corrected chi connectivity index (χ1v) is 10.8. The van der Waals surface area contributed by atoms with Crippen LogP contribution >= 0.6 is 0 Å². The van der Waals surface area contributed by atoms with Crippen LogP contribution in [0.15, 0.2) is 72.8 Å². The van der Waals surface area contributed by atoms with Gasteiger partial charge in [-0.05, 0) is 48.1 Å². The van der Waals surface area contributed by atoms with Crippen LogP contribution in [0.1, 0.15) is 36.4 Å². The molecule has 1 fully saturated rings. The summed E-state index contributed by atoms with van der Waals surface area (Å²) in [4.78, 5) is 14.4. The summed E-state index contributed by atoms with van der Waals surface area (Å²) in [6.07, 6.45) is 3.91. The number of hydrogen-bond donors (Lipinski definition) is 0. The molecule has 3 aromatic carbocycles. The summed E-state index contributed by atoms with van der Waals surface area (Å²) in [5.41, 5.74) is 4.62. The molecular weight excluding hydrogens is 386 g/mol. The summed E-state index contributed by atoms with van der Waals surface area (Å²) in [5.74, 6) is 1.61. The number of nitrogens with zero attached hydrogens (tertiary/aromatic N) is 1. The van der Waals surface area contributed by atoms with E-state index >= 15 is 0 Å².